The van der Waals surface area contributed by atoms with E-state index in [2.05, 4.69) is 24.4 Å². The molecule has 0 bridgehead atoms. The molecule has 1 heterocycles. The molecule has 1 atom stereocenters. The molecule has 1 saturated carbocycles. The van der Waals surface area contributed by atoms with E-state index in [4.69, 9.17) is 16.3 Å². The van der Waals surface area contributed by atoms with Gasteiger partial charge in [-0.05, 0) is 49.3 Å². The molecule has 110 valence electrons. The van der Waals surface area contributed by atoms with Gasteiger partial charge in [0.15, 0.2) is 0 Å². The maximum Gasteiger partial charge on any atom is 0.0957 e. The minimum absolute atomic E-state index is 0.0637. The number of hydrogen-bond acceptors (Lipinski definition) is 2. The highest BCUT2D eigenvalue weighted by molar-refractivity contribution is 6.30. The third-order valence-corrected chi connectivity index (χ3v) is 5.26. The molecule has 3 heteroatoms. The van der Waals surface area contributed by atoms with E-state index < -0.39 is 0 Å². The first-order valence-corrected chi connectivity index (χ1v) is 8.22. The molecular weight excluding hydrogens is 270 g/mol. The van der Waals surface area contributed by atoms with Gasteiger partial charge in [0.25, 0.3) is 0 Å². The van der Waals surface area contributed by atoms with E-state index in [1.165, 1.54) is 37.7 Å². The maximum absolute atomic E-state index is 6.53. The van der Waals surface area contributed by atoms with Gasteiger partial charge < -0.3 is 10.1 Å². The first kappa shape index (κ1) is 14.4. The highest BCUT2D eigenvalue weighted by Crippen LogP contribution is 2.40. The Balaban J connectivity index is 1.69. The van der Waals surface area contributed by atoms with Crippen LogP contribution in [0.1, 0.15) is 50.7 Å². The molecule has 2 fully saturated rings. The Labute approximate surface area is 126 Å². The van der Waals surface area contributed by atoms with Crippen LogP contribution in [0.25, 0.3) is 0 Å². The lowest BCUT2D eigenvalue weighted by Crippen LogP contribution is -2.52. The molecule has 1 saturated heterocycles. The molecule has 2 aliphatic rings. The van der Waals surface area contributed by atoms with E-state index >= 15 is 0 Å². The van der Waals surface area contributed by atoms with Crippen molar-refractivity contribution in [2.75, 3.05) is 13.1 Å². The molecule has 1 aromatic carbocycles. The minimum Gasteiger partial charge on any atom is -0.364 e. The highest BCUT2D eigenvalue weighted by atomic mass is 35.5. The van der Waals surface area contributed by atoms with E-state index in [0.29, 0.717) is 0 Å². The highest BCUT2D eigenvalue weighted by Gasteiger charge is 2.40. The Kier molecular flexibility index (Phi) is 4.34. The van der Waals surface area contributed by atoms with E-state index in [0.717, 1.165) is 24.0 Å². The Morgan fingerprint density at radius 1 is 1.25 bits per heavy atom. The number of morpholine rings is 1. The van der Waals surface area contributed by atoms with Gasteiger partial charge >= 0.3 is 0 Å². The van der Waals surface area contributed by atoms with Crippen molar-refractivity contribution in [3.05, 3.63) is 34.9 Å². The van der Waals surface area contributed by atoms with Gasteiger partial charge in [-0.3, -0.25) is 0 Å². The predicted octanol–water partition coefficient (Wildman–Crippen LogP) is 4.34. The van der Waals surface area contributed by atoms with Crippen molar-refractivity contribution < 1.29 is 4.74 Å². The van der Waals surface area contributed by atoms with Crippen LogP contribution in [0.5, 0.6) is 0 Å². The smallest absolute Gasteiger partial charge is 0.0957 e. The Morgan fingerprint density at radius 2 is 1.95 bits per heavy atom. The van der Waals surface area contributed by atoms with Crippen molar-refractivity contribution in [1.29, 1.82) is 0 Å². The second-order valence-corrected chi connectivity index (χ2v) is 6.76. The molecule has 0 amide bonds. The van der Waals surface area contributed by atoms with Gasteiger partial charge in [0.2, 0.25) is 0 Å². The lowest BCUT2D eigenvalue weighted by atomic mass is 9.77. The molecular formula is C17H24ClNO. The van der Waals surface area contributed by atoms with Crippen LogP contribution in [0.4, 0.5) is 0 Å². The number of benzene rings is 1. The van der Waals surface area contributed by atoms with E-state index in [1.807, 2.05) is 12.1 Å². The molecule has 20 heavy (non-hydrogen) atoms. The quantitative estimate of drug-likeness (QED) is 0.876. The number of rotatable bonds is 2. The van der Waals surface area contributed by atoms with Crippen LogP contribution in [0.3, 0.4) is 0 Å². The fraction of sp³-hybridized carbons (Fsp3) is 0.647. The zero-order valence-corrected chi connectivity index (χ0v) is 13.0. The fourth-order valence-electron chi connectivity index (χ4n) is 3.59. The SMILES string of the molecule is CCC1CCC2(CC1)CNCC(c1ccc(Cl)cc1)O2. The topological polar surface area (TPSA) is 21.3 Å². The fourth-order valence-corrected chi connectivity index (χ4v) is 3.71. The lowest BCUT2D eigenvalue weighted by Gasteiger charge is -2.46. The lowest BCUT2D eigenvalue weighted by molar-refractivity contribution is -0.141. The van der Waals surface area contributed by atoms with E-state index in [-0.39, 0.29) is 11.7 Å². The number of nitrogens with one attached hydrogen (secondary N) is 1. The molecule has 1 aliphatic carbocycles. The summed E-state index contributed by atoms with van der Waals surface area (Å²) in [6.45, 7) is 4.22. The summed E-state index contributed by atoms with van der Waals surface area (Å²) in [5.41, 5.74) is 1.30. The Hall–Kier alpha value is -0.570. The van der Waals surface area contributed by atoms with Gasteiger partial charge in [-0.25, -0.2) is 0 Å². The normalized spacial score (nSPS) is 34.3. The van der Waals surface area contributed by atoms with E-state index in [1.54, 1.807) is 0 Å². The first-order chi connectivity index (χ1) is 9.71. The summed E-state index contributed by atoms with van der Waals surface area (Å²) in [5, 5.41) is 4.37. The summed E-state index contributed by atoms with van der Waals surface area (Å²) in [4.78, 5) is 0. The second-order valence-electron chi connectivity index (χ2n) is 6.32. The van der Waals surface area contributed by atoms with Crippen molar-refractivity contribution >= 4 is 11.6 Å². The van der Waals surface area contributed by atoms with Crippen LogP contribution in [0, 0.1) is 5.92 Å². The number of hydrogen-bond donors (Lipinski definition) is 1. The largest absolute Gasteiger partial charge is 0.364 e. The molecule has 1 aromatic rings. The van der Waals surface area contributed by atoms with Gasteiger partial charge in [-0.2, -0.15) is 0 Å². The van der Waals surface area contributed by atoms with Crippen molar-refractivity contribution in [2.24, 2.45) is 5.92 Å². The number of halogens is 1. The molecule has 1 unspecified atom stereocenters. The van der Waals surface area contributed by atoms with Crippen LogP contribution < -0.4 is 5.32 Å². The van der Waals surface area contributed by atoms with Crippen molar-refractivity contribution in [2.45, 2.75) is 50.7 Å². The standard InChI is InChI=1S/C17H24ClNO/c1-2-13-7-9-17(10-8-13)12-19-11-16(20-17)14-3-5-15(18)6-4-14/h3-6,13,16,19H,2,7-12H2,1H3. The van der Waals surface area contributed by atoms with Gasteiger partial charge in [0, 0.05) is 18.1 Å². The average molecular weight is 294 g/mol. The van der Waals surface area contributed by atoms with Crippen molar-refractivity contribution in [1.82, 2.24) is 5.32 Å². The van der Waals surface area contributed by atoms with Gasteiger partial charge in [0.05, 0.1) is 11.7 Å². The molecule has 2 nitrogen and oxygen atoms in total. The van der Waals surface area contributed by atoms with Crippen molar-refractivity contribution in [3.8, 4) is 0 Å². The number of ether oxygens (including phenoxy) is 1. The molecule has 1 aliphatic heterocycles. The molecule has 1 N–H and O–H groups in total. The summed E-state index contributed by atoms with van der Waals surface area (Å²) in [6.07, 6.45) is 6.49. The average Bonchev–Trinajstić information content (AvgIpc) is 2.49. The van der Waals surface area contributed by atoms with Crippen LogP contribution in [-0.4, -0.2) is 18.7 Å². The first-order valence-electron chi connectivity index (χ1n) is 7.85. The van der Waals surface area contributed by atoms with Crippen LogP contribution in [-0.2, 0) is 4.74 Å². The van der Waals surface area contributed by atoms with E-state index in [9.17, 15) is 0 Å². The third-order valence-electron chi connectivity index (χ3n) is 5.00. The third kappa shape index (κ3) is 3.03. The summed E-state index contributed by atoms with van der Waals surface area (Å²) < 4.78 is 6.53. The summed E-state index contributed by atoms with van der Waals surface area (Å²) in [7, 11) is 0. The summed E-state index contributed by atoms with van der Waals surface area (Å²) in [6, 6.07) is 8.09. The Bertz CT molecular complexity index is 437. The maximum atomic E-state index is 6.53. The molecule has 1 spiro atoms. The Morgan fingerprint density at radius 3 is 2.60 bits per heavy atom. The molecule has 3 rings (SSSR count). The minimum atomic E-state index is 0.0637. The predicted molar refractivity (Wildman–Crippen MR) is 83.1 cm³/mol. The zero-order valence-electron chi connectivity index (χ0n) is 12.2. The monoisotopic (exact) mass is 293 g/mol. The summed E-state index contributed by atoms with van der Waals surface area (Å²) in [5.74, 6) is 0.903. The zero-order chi connectivity index (χ0) is 14.0. The van der Waals surface area contributed by atoms with Crippen LogP contribution in [0.2, 0.25) is 5.02 Å². The molecule has 0 aromatic heterocycles. The molecule has 0 radical (unpaired) electrons. The van der Waals surface area contributed by atoms with Gasteiger partial charge in [-0.15, -0.1) is 0 Å². The van der Waals surface area contributed by atoms with Gasteiger partial charge in [0.1, 0.15) is 0 Å². The summed E-state index contributed by atoms with van der Waals surface area (Å²) >= 11 is 5.97. The second kappa shape index (κ2) is 6.05. The van der Waals surface area contributed by atoms with Crippen LogP contribution >= 0.6 is 11.6 Å². The van der Waals surface area contributed by atoms with Gasteiger partial charge in [-0.1, -0.05) is 37.1 Å². The van der Waals surface area contributed by atoms with Crippen molar-refractivity contribution in [3.63, 3.8) is 0 Å². The van der Waals surface area contributed by atoms with Crippen LogP contribution in [0.15, 0.2) is 24.3 Å².